The average molecular weight is 867 g/mol. The molecule has 1 fully saturated rings. The molecular weight excluding hydrogens is 817 g/mol. The minimum absolute atomic E-state index is 0.0622. The van der Waals surface area contributed by atoms with E-state index < -0.39 is 29.7 Å². The van der Waals surface area contributed by atoms with Crippen molar-refractivity contribution < 1.29 is 47.6 Å². The Hall–Kier alpha value is -5.69. The molecule has 7 rings (SSSR count). The molecule has 5 heterocycles. The van der Waals surface area contributed by atoms with Crippen molar-refractivity contribution in [3.63, 3.8) is 0 Å². The van der Waals surface area contributed by atoms with Crippen LogP contribution in [0.4, 0.5) is 5.82 Å². The number of aromatic nitrogens is 3. The fourth-order valence-electron chi connectivity index (χ4n) is 6.86. The molecule has 1 saturated heterocycles. The summed E-state index contributed by atoms with van der Waals surface area (Å²) in [5, 5.41) is 3.13. The minimum atomic E-state index is -1.01. The lowest BCUT2D eigenvalue weighted by molar-refractivity contribution is -0.136. The second kappa shape index (κ2) is 21.9. The molecule has 0 spiro atoms. The molecule has 16 nitrogen and oxygen atoms in total. The van der Waals surface area contributed by atoms with Gasteiger partial charge in [-0.2, -0.15) is 0 Å². The summed E-state index contributed by atoms with van der Waals surface area (Å²) < 4.78 is 34.9. The van der Waals surface area contributed by atoms with E-state index in [4.69, 9.17) is 33.4 Å². The standard InChI is InChI=1S/C45H50N6O10S/c1-50(2)40-13-7-31(28-47-40)36-11-6-32(29-46-36)43-48-37-10-5-30(26-39(37)62-43)4-3-15-56-16-17-57-18-19-58-20-21-59-22-23-60-24-25-61-33-8-9-34-35(27-33)45(55)51(44(34)54)38-12-14-41(52)49-42(38)53/h5-11,13,26-29,38H,3-4,12,14-25H2,1-2H3,(H,49,52,53). The van der Waals surface area contributed by atoms with Crippen LogP contribution < -0.4 is 15.0 Å². The summed E-state index contributed by atoms with van der Waals surface area (Å²) in [6.07, 6.45) is 5.71. The van der Waals surface area contributed by atoms with Gasteiger partial charge in [-0.15, -0.1) is 11.3 Å². The van der Waals surface area contributed by atoms with Crippen molar-refractivity contribution in [2.75, 3.05) is 91.7 Å². The van der Waals surface area contributed by atoms with Crippen molar-refractivity contribution >= 4 is 51.0 Å². The first-order valence-corrected chi connectivity index (χ1v) is 21.4. The number of hydrogen-bond acceptors (Lipinski definition) is 15. The van der Waals surface area contributed by atoms with Crippen LogP contribution in [0.2, 0.25) is 0 Å². The highest BCUT2D eigenvalue weighted by molar-refractivity contribution is 7.21. The zero-order chi connectivity index (χ0) is 43.3. The molecule has 0 aliphatic carbocycles. The number of anilines is 1. The second-order valence-electron chi connectivity index (χ2n) is 14.7. The molecule has 1 atom stereocenters. The van der Waals surface area contributed by atoms with Crippen LogP contribution in [0.1, 0.15) is 45.5 Å². The molecular formula is C45H50N6O10S. The molecule has 2 aliphatic rings. The molecule has 0 bridgehead atoms. The highest BCUT2D eigenvalue weighted by atomic mass is 32.1. The van der Waals surface area contributed by atoms with Crippen molar-refractivity contribution in [3.8, 4) is 27.6 Å². The maximum atomic E-state index is 13.0. The van der Waals surface area contributed by atoms with Crippen LogP contribution in [0.5, 0.6) is 5.75 Å². The molecule has 4 amide bonds. The summed E-state index contributed by atoms with van der Waals surface area (Å²) in [5.41, 5.74) is 5.44. The summed E-state index contributed by atoms with van der Waals surface area (Å²) >= 11 is 1.67. The maximum absolute atomic E-state index is 13.0. The number of rotatable bonds is 24. The number of amides is 4. The quantitative estimate of drug-likeness (QED) is 0.0648. The lowest BCUT2D eigenvalue weighted by atomic mass is 10.0. The summed E-state index contributed by atoms with van der Waals surface area (Å²) in [5.74, 6) is -0.913. The number of hydrogen-bond donors (Lipinski definition) is 1. The Bertz CT molecular complexity index is 2320. The van der Waals surface area contributed by atoms with Crippen LogP contribution >= 0.6 is 11.3 Å². The molecule has 0 radical (unpaired) electrons. The van der Waals surface area contributed by atoms with Gasteiger partial charge in [0.05, 0.1) is 86.5 Å². The van der Waals surface area contributed by atoms with Crippen LogP contribution in [0.3, 0.4) is 0 Å². The number of piperidine rings is 1. The summed E-state index contributed by atoms with van der Waals surface area (Å²) in [6.45, 7) is 4.75. The van der Waals surface area contributed by atoms with Crippen LogP contribution in [0.25, 0.3) is 32.0 Å². The van der Waals surface area contributed by atoms with Gasteiger partial charge < -0.3 is 33.3 Å². The minimum Gasteiger partial charge on any atom is -0.491 e. The van der Waals surface area contributed by atoms with E-state index in [0.717, 1.165) is 55.6 Å². The highest BCUT2D eigenvalue weighted by Gasteiger charge is 2.44. The van der Waals surface area contributed by atoms with Gasteiger partial charge in [0.25, 0.3) is 11.8 Å². The summed E-state index contributed by atoms with van der Waals surface area (Å²) in [4.78, 5) is 66.4. The van der Waals surface area contributed by atoms with E-state index in [9.17, 15) is 19.2 Å². The topological polar surface area (TPSA) is 181 Å². The third-order valence-corrected chi connectivity index (χ3v) is 11.2. The fourth-order valence-corrected chi connectivity index (χ4v) is 7.88. The molecule has 62 heavy (non-hydrogen) atoms. The number of pyridine rings is 2. The number of fused-ring (bicyclic) bond motifs is 2. The van der Waals surface area contributed by atoms with Crippen LogP contribution in [0, 0.1) is 0 Å². The van der Waals surface area contributed by atoms with Crippen LogP contribution in [-0.2, 0) is 39.7 Å². The number of imide groups is 2. The number of aryl methyl sites for hydroxylation is 1. The molecule has 17 heteroatoms. The molecule has 2 aromatic carbocycles. The monoisotopic (exact) mass is 866 g/mol. The van der Waals surface area contributed by atoms with E-state index >= 15 is 0 Å². The van der Waals surface area contributed by atoms with E-state index in [1.807, 2.05) is 49.6 Å². The zero-order valence-electron chi connectivity index (χ0n) is 34.8. The number of benzene rings is 2. The Morgan fingerprint density at radius 3 is 2.02 bits per heavy atom. The lowest BCUT2D eigenvalue weighted by Crippen LogP contribution is -2.54. The smallest absolute Gasteiger partial charge is 0.262 e. The van der Waals surface area contributed by atoms with Gasteiger partial charge in [0.15, 0.2) is 0 Å². The number of thiazole rings is 1. The van der Waals surface area contributed by atoms with Crippen molar-refractivity contribution in [2.24, 2.45) is 0 Å². The second-order valence-corrected chi connectivity index (χ2v) is 15.8. The first-order valence-electron chi connectivity index (χ1n) is 20.6. The number of nitrogens with one attached hydrogen (secondary N) is 1. The predicted molar refractivity (Wildman–Crippen MR) is 231 cm³/mol. The number of carbonyl (C=O) groups is 4. The third kappa shape index (κ3) is 11.6. The average Bonchev–Trinajstić information content (AvgIpc) is 3.81. The maximum Gasteiger partial charge on any atom is 0.262 e. The normalized spacial score (nSPS) is 15.1. The van der Waals surface area contributed by atoms with Gasteiger partial charge in [-0.3, -0.25) is 34.4 Å². The Morgan fingerprint density at radius 1 is 0.710 bits per heavy atom. The first kappa shape index (κ1) is 44.4. The van der Waals surface area contributed by atoms with E-state index in [-0.39, 0.29) is 30.6 Å². The number of ether oxygens (including phenoxy) is 6. The number of nitrogens with zero attached hydrogens (tertiary/aromatic N) is 5. The van der Waals surface area contributed by atoms with Crippen molar-refractivity contribution in [3.05, 3.63) is 89.7 Å². The van der Waals surface area contributed by atoms with Crippen LogP contribution in [-0.4, -0.2) is 136 Å². The van der Waals surface area contributed by atoms with E-state index in [2.05, 4.69) is 39.6 Å². The fraction of sp³-hybridized carbons (Fsp3) is 0.400. The molecule has 3 aromatic heterocycles. The Balaban J connectivity index is 0.666. The van der Waals surface area contributed by atoms with Crippen molar-refractivity contribution in [1.29, 1.82) is 0 Å². The van der Waals surface area contributed by atoms with E-state index in [0.29, 0.717) is 71.8 Å². The number of carbonyl (C=O) groups excluding carboxylic acids is 4. The van der Waals surface area contributed by atoms with E-state index in [1.54, 1.807) is 17.4 Å². The van der Waals surface area contributed by atoms with Gasteiger partial charge in [0.2, 0.25) is 11.8 Å². The Labute approximate surface area is 363 Å². The predicted octanol–water partition coefficient (Wildman–Crippen LogP) is 4.98. The van der Waals surface area contributed by atoms with Crippen LogP contribution in [0.15, 0.2) is 73.1 Å². The Morgan fingerprint density at radius 2 is 1.37 bits per heavy atom. The zero-order valence-corrected chi connectivity index (χ0v) is 35.7. The van der Waals surface area contributed by atoms with Crippen molar-refractivity contribution in [1.82, 2.24) is 25.2 Å². The largest absolute Gasteiger partial charge is 0.491 e. The van der Waals surface area contributed by atoms with Gasteiger partial charge in [-0.05, 0) is 79.4 Å². The van der Waals surface area contributed by atoms with Gasteiger partial charge in [0.1, 0.15) is 29.2 Å². The van der Waals surface area contributed by atoms with Gasteiger partial charge in [-0.25, -0.2) is 9.97 Å². The molecule has 2 aliphatic heterocycles. The lowest BCUT2D eigenvalue weighted by Gasteiger charge is -2.27. The first-order chi connectivity index (χ1) is 30.2. The molecule has 5 aromatic rings. The Kier molecular flexibility index (Phi) is 15.7. The molecule has 1 unspecified atom stereocenters. The van der Waals surface area contributed by atoms with Gasteiger partial charge in [-0.1, -0.05) is 6.07 Å². The summed E-state index contributed by atoms with van der Waals surface area (Å²) in [7, 11) is 3.94. The van der Waals surface area contributed by atoms with Gasteiger partial charge in [0, 0.05) is 50.6 Å². The molecule has 0 saturated carbocycles. The van der Waals surface area contributed by atoms with E-state index in [1.165, 1.54) is 17.7 Å². The molecule has 326 valence electrons. The third-order valence-electron chi connectivity index (χ3n) is 10.1. The van der Waals surface area contributed by atoms with Gasteiger partial charge >= 0.3 is 0 Å². The highest BCUT2D eigenvalue weighted by Crippen LogP contribution is 2.32. The molecule has 1 N–H and O–H groups in total. The summed E-state index contributed by atoms with van der Waals surface area (Å²) in [6, 6.07) is 18.1. The van der Waals surface area contributed by atoms with Crippen molar-refractivity contribution in [2.45, 2.75) is 31.7 Å². The SMILES string of the molecule is CN(C)c1ccc(-c2ccc(-c3nc4ccc(CCCOCCOCCOCCOCCOCCOc5ccc6c(c5)C(=O)N(C5CCC(=O)NC5=O)C6=O)cc4s3)cn2)cn1.